The summed E-state index contributed by atoms with van der Waals surface area (Å²) in [4.78, 5) is 34.3. The average molecular weight is 291 g/mol. The Morgan fingerprint density at radius 1 is 1.16 bits per heavy atom. The van der Waals surface area contributed by atoms with Gasteiger partial charge in [-0.1, -0.05) is 13.8 Å². The Labute approximate surface area is 117 Å². The minimum Gasteiger partial charge on any atom is -0.391 e. The lowest BCUT2D eigenvalue weighted by Gasteiger charge is -2.25. The lowest BCUT2D eigenvalue weighted by molar-refractivity contribution is -0.133. The molecule has 0 spiro atoms. The summed E-state index contributed by atoms with van der Waals surface area (Å²) in [5, 5.41) is 14.2. The van der Waals surface area contributed by atoms with Crippen LogP contribution in [0.5, 0.6) is 0 Å². The molecule has 3 amide bonds. The molecule has 8 heteroatoms. The van der Waals surface area contributed by atoms with Crippen molar-refractivity contribution in [1.82, 2.24) is 10.6 Å². The largest absolute Gasteiger partial charge is 0.391 e. The van der Waals surface area contributed by atoms with Crippen molar-refractivity contribution in [3.63, 3.8) is 0 Å². The van der Waals surface area contributed by atoms with Crippen LogP contribution in [0, 0.1) is 5.92 Å². The number of carbonyl (C=O) groups is 3. The van der Waals surface area contributed by atoms with Gasteiger partial charge in [0.05, 0.1) is 11.9 Å². The van der Waals surface area contributed by atoms with Crippen molar-refractivity contribution in [3.05, 3.63) is 0 Å². The Hall–Kier alpha value is -1.28. The van der Waals surface area contributed by atoms with Gasteiger partial charge in [-0.3, -0.25) is 14.4 Å². The van der Waals surface area contributed by atoms with Gasteiger partial charge in [0, 0.05) is 0 Å². The van der Waals surface area contributed by atoms with Gasteiger partial charge in [0.15, 0.2) is 0 Å². The molecule has 7 nitrogen and oxygen atoms in total. The van der Waals surface area contributed by atoms with Crippen molar-refractivity contribution in [1.29, 1.82) is 0 Å². The van der Waals surface area contributed by atoms with Crippen LogP contribution in [-0.4, -0.2) is 46.8 Å². The van der Waals surface area contributed by atoms with E-state index in [1.165, 1.54) is 6.92 Å². The van der Waals surface area contributed by atoms with Gasteiger partial charge >= 0.3 is 0 Å². The highest BCUT2D eigenvalue weighted by Gasteiger charge is 2.29. The molecular weight excluding hydrogens is 270 g/mol. The number of aliphatic hydroxyl groups excluding tert-OH is 1. The Morgan fingerprint density at radius 2 is 1.68 bits per heavy atom. The summed E-state index contributed by atoms with van der Waals surface area (Å²) in [6.45, 7) is 4.80. The predicted molar refractivity (Wildman–Crippen MR) is 73.4 cm³/mol. The first kappa shape index (κ1) is 17.7. The first-order valence-electron chi connectivity index (χ1n) is 5.88. The molecule has 0 aliphatic carbocycles. The molecule has 3 atom stereocenters. The number of rotatable bonds is 7. The average Bonchev–Trinajstić information content (AvgIpc) is 2.30. The van der Waals surface area contributed by atoms with Crippen molar-refractivity contribution >= 4 is 30.4 Å². The topological polar surface area (TPSA) is 122 Å². The molecule has 0 fully saturated rings. The third-order valence-corrected chi connectivity index (χ3v) is 2.78. The number of amides is 3. The molecule has 19 heavy (non-hydrogen) atoms. The lowest BCUT2D eigenvalue weighted by atomic mass is 10.0. The van der Waals surface area contributed by atoms with E-state index >= 15 is 0 Å². The zero-order chi connectivity index (χ0) is 15.2. The third-order valence-electron chi connectivity index (χ3n) is 2.50. The fraction of sp³-hybridized carbons (Fsp3) is 0.727. The summed E-state index contributed by atoms with van der Waals surface area (Å²) in [6.07, 6.45) is -1.11. The quantitative estimate of drug-likeness (QED) is 0.363. The van der Waals surface area contributed by atoms with Gasteiger partial charge in [0.1, 0.15) is 12.1 Å². The molecule has 0 saturated carbocycles. The van der Waals surface area contributed by atoms with E-state index in [1.807, 2.05) is 0 Å². The molecule has 0 aromatic rings. The summed E-state index contributed by atoms with van der Waals surface area (Å²) in [5.41, 5.74) is 5.17. The van der Waals surface area contributed by atoms with Crippen LogP contribution in [0.25, 0.3) is 0 Å². The molecule has 0 heterocycles. The molecule has 0 saturated heterocycles. The molecular formula is C11H21N3O4S. The zero-order valence-corrected chi connectivity index (χ0v) is 12.1. The second-order valence-electron chi connectivity index (χ2n) is 4.58. The number of carbonyl (C=O) groups excluding carboxylic acids is 3. The van der Waals surface area contributed by atoms with E-state index in [-0.39, 0.29) is 11.7 Å². The molecule has 0 aliphatic heterocycles. The van der Waals surface area contributed by atoms with Crippen LogP contribution in [0.2, 0.25) is 0 Å². The highest BCUT2D eigenvalue weighted by atomic mass is 32.1. The number of hydrogen-bond acceptors (Lipinski definition) is 5. The lowest BCUT2D eigenvalue weighted by Crippen LogP contribution is -2.57. The van der Waals surface area contributed by atoms with Gasteiger partial charge < -0.3 is 21.5 Å². The maximum Gasteiger partial charge on any atom is 0.245 e. The van der Waals surface area contributed by atoms with E-state index in [0.29, 0.717) is 0 Å². The van der Waals surface area contributed by atoms with Crippen molar-refractivity contribution in [2.24, 2.45) is 11.7 Å². The van der Waals surface area contributed by atoms with Crippen LogP contribution < -0.4 is 16.4 Å². The van der Waals surface area contributed by atoms with Crippen LogP contribution in [0.15, 0.2) is 0 Å². The number of hydrogen-bond donors (Lipinski definition) is 5. The van der Waals surface area contributed by atoms with Crippen molar-refractivity contribution in [3.8, 4) is 0 Å². The van der Waals surface area contributed by atoms with Crippen molar-refractivity contribution in [2.45, 2.75) is 39.0 Å². The van der Waals surface area contributed by atoms with Crippen LogP contribution in [-0.2, 0) is 14.4 Å². The normalized spacial score (nSPS) is 15.5. The second kappa shape index (κ2) is 8.00. The first-order chi connectivity index (χ1) is 8.70. The van der Waals surface area contributed by atoms with Gasteiger partial charge in [0.2, 0.25) is 17.7 Å². The van der Waals surface area contributed by atoms with E-state index < -0.39 is 35.9 Å². The van der Waals surface area contributed by atoms with Gasteiger partial charge in [-0.25, -0.2) is 0 Å². The molecule has 110 valence electrons. The van der Waals surface area contributed by atoms with E-state index in [1.54, 1.807) is 13.8 Å². The van der Waals surface area contributed by atoms with E-state index in [4.69, 9.17) is 5.73 Å². The van der Waals surface area contributed by atoms with Gasteiger partial charge in [0.25, 0.3) is 0 Å². The second-order valence-corrected chi connectivity index (χ2v) is 4.89. The number of thiol groups is 1. The highest BCUT2D eigenvalue weighted by molar-refractivity contribution is 7.81. The van der Waals surface area contributed by atoms with Gasteiger partial charge in [-0.05, 0) is 12.8 Å². The van der Waals surface area contributed by atoms with Crippen LogP contribution >= 0.6 is 12.6 Å². The van der Waals surface area contributed by atoms with Crippen molar-refractivity contribution < 1.29 is 19.5 Å². The Balaban J connectivity index is 4.81. The van der Waals surface area contributed by atoms with E-state index in [0.717, 1.165) is 0 Å². The number of primary amides is 1. The number of aliphatic hydroxyl groups is 1. The van der Waals surface area contributed by atoms with Gasteiger partial charge in [-0.2, -0.15) is 12.6 Å². The van der Waals surface area contributed by atoms with Crippen LogP contribution in [0.1, 0.15) is 20.8 Å². The number of nitrogens with one attached hydrogen (secondary N) is 2. The Bertz CT molecular complexity index is 347. The highest BCUT2D eigenvalue weighted by Crippen LogP contribution is 2.03. The third kappa shape index (κ3) is 5.93. The monoisotopic (exact) mass is 291 g/mol. The summed E-state index contributed by atoms with van der Waals surface area (Å²) >= 11 is 3.76. The Kier molecular flexibility index (Phi) is 7.47. The van der Waals surface area contributed by atoms with Crippen LogP contribution in [0.3, 0.4) is 0 Å². The molecule has 5 N–H and O–H groups in total. The molecule has 0 rings (SSSR count). The maximum atomic E-state index is 11.9. The summed E-state index contributed by atoms with van der Waals surface area (Å²) in [6, 6.07) is -2.01. The molecule has 0 bridgehead atoms. The molecule has 0 aliphatic rings. The van der Waals surface area contributed by atoms with Crippen molar-refractivity contribution in [2.75, 3.05) is 5.75 Å². The predicted octanol–water partition coefficient (Wildman–Crippen LogP) is -1.59. The summed E-state index contributed by atoms with van der Waals surface area (Å²) in [7, 11) is 0. The fourth-order valence-corrected chi connectivity index (χ4v) is 1.52. The maximum absolute atomic E-state index is 11.9. The molecule has 0 aromatic carbocycles. The minimum atomic E-state index is -1.15. The van der Waals surface area contributed by atoms with Crippen LogP contribution in [0.4, 0.5) is 0 Å². The van der Waals surface area contributed by atoms with Gasteiger partial charge in [-0.15, -0.1) is 0 Å². The fourth-order valence-electron chi connectivity index (χ4n) is 1.43. The molecule has 0 unspecified atom stereocenters. The number of nitrogens with two attached hydrogens (primary N) is 1. The smallest absolute Gasteiger partial charge is 0.245 e. The summed E-state index contributed by atoms with van der Waals surface area (Å²) < 4.78 is 0. The zero-order valence-electron chi connectivity index (χ0n) is 11.2. The standard InChI is InChI=1S/C11H21N3O4S/c1-5(2)8(10(12)17)14-11(18)9(6(3)15)13-7(16)4-19/h5-6,8-9,15,19H,4H2,1-3H3,(H2,12,17)(H,13,16)(H,14,18)/t6-,8+,9+/m1/s1. The Morgan fingerprint density at radius 3 is 2.00 bits per heavy atom. The minimum absolute atomic E-state index is 0.111. The molecule has 0 radical (unpaired) electrons. The SMILES string of the molecule is CC(C)[C@H](NC(=O)[C@@H](NC(=O)CS)[C@@H](C)O)C(N)=O. The first-order valence-corrected chi connectivity index (χ1v) is 6.51. The molecule has 0 aromatic heterocycles. The van der Waals surface area contributed by atoms with E-state index in [9.17, 15) is 19.5 Å². The summed E-state index contributed by atoms with van der Waals surface area (Å²) in [5.74, 6) is -2.14. The van der Waals surface area contributed by atoms with E-state index in [2.05, 4.69) is 23.3 Å².